The summed E-state index contributed by atoms with van der Waals surface area (Å²) in [5.74, 6) is 0.269. The Bertz CT molecular complexity index is 498. The van der Waals surface area contributed by atoms with Crippen molar-refractivity contribution in [3.63, 3.8) is 0 Å². The number of benzene rings is 1. The van der Waals surface area contributed by atoms with Crippen LogP contribution in [0.15, 0.2) is 24.3 Å². The summed E-state index contributed by atoms with van der Waals surface area (Å²) in [7, 11) is 1.50. The Morgan fingerprint density at radius 1 is 1.19 bits per heavy atom. The molecular weight excluding hydrogens is 272 g/mol. The number of nitrogens with one attached hydrogen (secondary N) is 2. The van der Waals surface area contributed by atoms with E-state index in [9.17, 15) is 9.59 Å². The summed E-state index contributed by atoms with van der Waals surface area (Å²) in [5.41, 5.74) is 0. The molecule has 1 saturated carbocycles. The zero-order valence-electron chi connectivity index (χ0n) is 12.1. The van der Waals surface area contributed by atoms with Gasteiger partial charge in [-0.1, -0.05) is 25.0 Å². The normalized spacial score (nSPS) is 14.5. The minimum atomic E-state index is -0.541. The average Bonchev–Trinajstić information content (AvgIpc) is 2.98. The van der Waals surface area contributed by atoms with Crippen LogP contribution in [-0.2, 0) is 4.79 Å². The third kappa shape index (κ3) is 4.66. The van der Waals surface area contributed by atoms with Crippen LogP contribution < -0.4 is 20.1 Å². The zero-order chi connectivity index (χ0) is 15.1. The number of rotatable bonds is 5. The molecule has 2 amide bonds. The topological polar surface area (TPSA) is 76.7 Å². The monoisotopic (exact) mass is 292 g/mol. The molecule has 6 heteroatoms. The van der Waals surface area contributed by atoms with E-state index in [1.54, 1.807) is 24.3 Å². The quantitative estimate of drug-likeness (QED) is 0.641. The highest BCUT2D eigenvalue weighted by Gasteiger charge is 2.17. The Hall–Kier alpha value is -2.24. The SMILES string of the molecule is COc1ccccc1OC(=O)CNC(=O)NC1CCCC1. The van der Waals surface area contributed by atoms with Gasteiger partial charge in [0, 0.05) is 6.04 Å². The molecule has 6 nitrogen and oxygen atoms in total. The molecule has 0 saturated heterocycles. The van der Waals surface area contributed by atoms with Crippen molar-refractivity contribution in [1.29, 1.82) is 0 Å². The van der Waals surface area contributed by atoms with Crippen molar-refractivity contribution < 1.29 is 19.1 Å². The first-order valence-electron chi connectivity index (χ1n) is 7.07. The fourth-order valence-corrected chi connectivity index (χ4v) is 2.32. The lowest BCUT2D eigenvalue weighted by Gasteiger charge is -2.13. The van der Waals surface area contributed by atoms with E-state index in [0.29, 0.717) is 11.5 Å². The van der Waals surface area contributed by atoms with Gasteiger partial charge in [0.25, 0.3) is 0 Å². The van der Waals surface area contributed by atoms with Crippen LogP contribution in [0.3, 0.4) is 0 Å². The summed E-state index contributed by atoms with van der Waals surface area (Å²) in [5, 5.41) is 5.34. The molecule has 114 valence electrons. The van der Waals surface area contributed by atoms with Crippen LogP contribution >= 0.6 is 0 Å². The standard InChI is InChI=1S/C15H20N2O4/c1-20-12-8-4-5-9-13(12)21-14(18)10-16-15(19)17-11-6-2-3-7-11/h4-5,8-9,11H,2-3,6-7,10H2,1H3,(H2,16,17,19). The highest BCUT2D eigenvalue weighted by atomic mass is 16.6. The zero-order valence-corrected chi connectivity index (χ0v) is 12.1. The molecule has 2 N–H and O–H groups in total. The first-order chi connectivity index (χ1) is 10.2. The fraction of sp³-hybridized carbons (Fsp3) is 0.467. The van der Waals surface area contributed by atoms with Gasteiger partial charge in [0.15, 0.2) is 11.5 Å². The predicted octanol–water partition coefficient (Wildman–Crippen LogP) is 1.84. The minimum absolute atomic E-state index is 0.184. The molecule has 0 unspecified atom stereocenters. The van der Waals surface area contributed by atoms with Crippen molar-refractivity contribution in [3.05, 3.63) is 24.3 Å². The number of hydrogen-bond donors (Lipinski definition) is 2. The van der Waals surface area contributed by atoms with Gasteiger partial charge in [0.1, 0.15) is 6.54 Å². The summed E-state index contributed by atoms with van der Waals surface area (Å²) >= 11 is 0. The minimum Gasteiger partial charge on any atom is -0.493 e. The Morgan fingerprint density at radius 3 is 2.52 bits per heavy atom. The van der Waals surface area contributed by atoms with E-state index in [1.165, 1.54) is 7.11 Å². The molecular formula is C15H20N2O4. The summed E-state index contributed by atoms with van der Waals surface area (Å²) < 4.78 is 10.2. The molecule has 0 spiro atoms. The number of carbonyl (C=O) groups is 2. The Morgan fingerprint density at radius 2 is 1.86 bits per heavy atom. The van der Waals surface area contributed by atoms with Crippen LogP contribution in [0.2, 0.25) is 0 Å². The van der Waals surface area contributed by atoms with Crippen LogP contribution in [-0.4, -0.2) is 31.7 Å². The van der Waals surface area contributed by atoms with Crippen LogP contribution in [0.5, 0.6) is 11.5 Å². The van der Waals surface area contributed by atoms with E-state index in [4.69, 9.17) is 9.47 Å². The molecule has 1 aliphatic rings. The Labute approximate surface area is 123 Å². The highest BCUT2D eigenvalue weighted by molar-refractivity contribution is 5.82. The second-order valence-corrected chi connectivity index (χ2v) is 4.93. The largest absolute Gasteiger partial charge is 0.493 e. The van der Waals surface area contributed by atoms with Gasteiger partial charge in [-0.15, -0.1) is 0 Å². The Kier molecular flexibility index (Phi) is 5.43. The van der Waals surface area contributed by atoms with E-state index in [2.05, 4.69) is 10.6 Å². The second kappa shape index (κ2) is 7.52. The summed E-state index contributed by atoms with van der Waals surface area (Å²) in [4.78, 5) is 23.3. The van der Waals surface area contributed by atoms with Crippen LogP contribution in [0.1, 0.15) is 25.7 Å². The molecule has 0 radical (unpaired) electrons. The summed E-state index contributed by atoms with van der Waals surface area (Å²) in [6.07, 6.45) is 4.28. The summed E-state index contributed by atoms with van der Waals surface area (Å²) in [6, 6.07) is 6.74. The molecule has 1 aromatic carbocycles. The fourth-order valence-electron chi connectivity index (χ4n) is 2.32. The number of amides is 2. The van der Waals surface area contributed by atoms with E-state index in [-0.39, 0.29) is 18.6 Å². The maximum Gasteiger partial charge on any atom is 0.331 e. The molecule has 0 heterocycles. The lowest BCUT2D eigenvalue weighted by atomic mass is 10.2. The molecule has 1 fully saturated rings. The van der Waals surface area contributed by atoms with Gasteiger partial charge in [-0.25, -0.2) is 9.59 Å². The van der Waals surface area contributed by atoms with E-state index >= 15 is 0 Å². The van der Waals surface area contributed by atoms with Crippen molar-refractivity contribution in [2.24, 2.45) is 0 Å². The number of hydrogen-bond acceptors (Lipinski definition) is 4. The van der Waals surface area contributed by atoms with E-state index < -0.39 is 5.97 Å². The van der Waals surface area contributed by atoms with E-state index in [1.807, 2.05) is 0 Å². The number of carbonyl (C=O) groups excluding carboxylic acids is 2. The van der Waals surface area contributed by atoms with Gasteiger partial charge < -0.3 is 20.1 Å². The van der Waals surface area contributed by atoms with Crippen LogP contribution in [0, 0.1) is 0 Å². The van der Waals surface area contributed by atoms with Gasteiger partial charge in [0.05, 0.1) is 7.11 Å². The molecule has 0 aromatic heterocycles. The van der Waals surface area contributed by atoms with Crippen molar-refractivity contribution in [2.45, 2.75) is 31.7 Å². The molecule has 0 bridgehead atoms. The number of ether oxygens (including phenoxy) is 2. The van der Waals surface area contributed by atoms with Crippen molar-refractivity contribution >= 4 is 12.0 Å². The van der Waals surface area contributed by atoms with Crippen LogP contribution in [0.25, 0.3) is 0 Å². The van der Waals surface area contributed by atoms with Crippen LogP contribution in [0.4, 0.5) is 4.79 Å². The van der Waals surface area contributed by atoms with Gasteiger partial charge in [-0.3, -0.25) is 0 Å². The third-order valence-corrected chi connectivity index (χ3v) is 3.38. The number of methoxy groups -OCH3 is 1. The maximum absolute atomic E-state index is 11.7. The molecule has 21 heavy (non-hydrogen) atoms. The first kappa shape index (κ1) is 15.2. The van der Waals surface area contributed by atoms with Gasteiger partial charge in [0.2, 0.25) is 0 Å². The smallest absolute Gasteiger partial charge is 0.331 e. The average molecular weight is 292 g/mol. The van der Waals surface area contributed by atoms with Crippen molar-refractivity contribution in [3.8, 4) is 11.5 Å². The molecule has 1 aromatic rings. The van der Waals surface area contributed by atoms with Gasteiger partial charge in [-0.05, 0) is 25.0 Å². The van der Waals surface area contributed by atoms with Crippen molar-refractivity contribution in [2.75, 3.05) is 13.7 Å². The highest BCUT2D eigenvalue weighted by Crippen LogP contribution is 2.25. The van der Waals surface area contributed by atoms with E-state index in [0.717, 1.165) is 25.7 Å². The molecule has 0 aliphatic heterocycles. The molecule has 0 atom stereocenters. The lowest BCUT2D eigenvalue weighted by molar-refractivity contribution is -0.133. The molecule has 1 aliphatic carbocycles. The first-order valence-corrected chi connectivity index (χ1v) is 7.07. The lowest BCUT2D eigenvalue weighted by Crippen LogP contribution is -2.43. The predicted molar refractivity (Wildman–Crippen MR) is 77.4 cm³/mol. The Balaban J connectivity index is 1.75. The number of esters is 1. The number of para-hydroxylation sites is 2. The summed E-state index contributed by atoms with van der Waals surface area (Å²) in [6.45, 7) is -0.184. The second-order valence-electron chi connectivity index (χ2n) is 4.93. The van der Waals surface area contributed by atoms with Gasteiger partial charge in [-0.2, -0.15) is 0 Å². The molecule has 2 rings (SSSR count). The maximum atomic E-state index is 11.7. The third-order valence-electron chi connectivity index (χ3n) is 3.38. The number of urea groups is 1. The van der Waals surface area contributed by atoms with Crippen molar-refractivity contribution in [1.82, 2.24) is 10.6 Å². The van der Waals surface area contributed by atoms with Gasteiger partial charge >= 0.3 is 12.0 Å².